The van der Waals surface area contributed by atoms with Crippen molar-refractivity contribution in [2.24, 2.45) is 0 Å². The molecule has 1 aliphatic carbocycles. The molecule has 0 bridgehead atoms. The van der Waals surface area contributed by atoms with Crippen molar-refractivity contribution in [3.8, 4) is 17.3 Å². The summed E-state index contributed by atoms with van der Waals surface area (Å²) in [4.78, 5) is 8.67. The molecule has 3 nitrogen and oxygen atoms in total. The SMILES string of the molecule is N#CC1(c2nccc(-c3cccc(F)c3)n2)CCC1. The highest BCUT2D eigenvalue weighted by Gasteiger charge is 2.41. The molecule has 0 N–H and O–H groups in total. The van der Waals surface area contributed by atoms with Crippen molar-refractivity contribution in [3.05, 3.63) is 48.2 Å². The third-order valence-corrected chi connectivity index (χ3v) is 3.63. The molecular formula is C15H12FN3. The van der Waals surface area contributed by atoms with E-state index >= 15 is 0 Å². The first-order valence-electron chi connectivity index (χ1n) is 6.24. The second-order valence-corrected chi connectivity index (χ2v) is 4.82. The first-order chi connectivity index (χ1) is 9.23. The van der Waals surface area contributed by atoms with Crippen molar-refractivity contribution in [1.82, 2.24) is 9.97 Å². The summed E-state index contributed by atoms with van der Waals surface area (Å²) in [5, 5.41) is 9.31. The molecule has 0 aliphatic heterocycles. The van der Waals surface area contributed by atoms with Gasteiger partial charge in [0.15, 0.2) is 0 Å². The predicted octanol–water partition coefficient (Wildman–Crippen LogP) is 3.23. The number of benzene rings is 1. The standard InChI is InChI=1S/C15H12FN3/c16-12-4-1-3-11(9-12)13-5-8-18-14(19-13)15(10-17)6-2-7-15/h1,3-5,8-9H,2,6-7H2. The van der Waals surface area contributed by atoms with E-state index < -0.39 is 5.41 Å². The van der Waals surface area contributed by atoms with E-state index in [0.717, 1.165) is 19.3 Å². The highest BCUT2D eigenvalue weighted by Crippen LogP contribution is 2.41. The number of hydrogen-bond donors (Lipinski definition) is 0. The molecule has 1 fully saturated rings. The van der Waals surface area contributed by atoms with Gasteiger partial charge in [0, 0.05) is 11.8 Å². The molecule has 1 saturated carbocycles. The Morgan fingerprint density at radius 1 is 1.26 bits per heavy atom. The normalized spacial score (nSPS) is 16.4. The van der Waals surface area contributed by atoms with Gasteiger partial charge in [0.2, 0.25) is 0 Å². The lowest BCUT2D eigenvalue weighted by atomic mass is 9.69. The third kappa shape index (κ3) is 1.97. The van der Waals surface area contributed by atoms with E-state index in [1.807, 2.05) is 0 Å². The van der Waals surface area contributed by atoms with Crippen molar-refractivity contribution in [1.29, 1.82) is 5.26 Å². The van der Waals surface area contributed by atoms with Gasteiger partial charge in [-0.3, -0.25) is 0 Å². The molecule has 1 heterocycles. The number of hydrogen-bond acceptors (Lipinski definition) is 3. The van der Waals surface area contributed by atoms with E-state index in [-0.39, 0.29) is 5.82 Å². The number of halogens is 1. The monoisotopic (exact) mass is 253 g/mol. The quantitative estimate of drug-likeness (QED) is 0.825. The van der Waals surface area contributed by atoms with E-state index in [9.17, 15) is 9.65 Å². The maximum atomic E-state index is 13.2. The summed E-state index contributed by atoms with van der Waals surface area (Å²) in [7, 11) is 0. The van der Waals surface area contributed by atoms with E-state index in [4.69, 9.17) is 0 Å². The lowest BCUT2D eigenvalue weighted by molar-refractivity contribution is 0.307. The van der Waals surface area contributed by atoms with Gasteiger partial charge in [0.1, 0.15) is 17.1 Å². The molecule has 3 rings (SSSR count). The maximum absolute atomic E-state index is 13.2. The molecule has 0 radical (unpaired) electrons. The van der Waals surface area contributed by atoms with Crippen LogP contribution in [0.5, 0.6) is 0 Å². The van der Waals surface area contributed by atoms with Gasteiger partial charge in [-0.05, 0) is 37.5 Å². The Morgan fingerprint density at radius 3 is 2.74 bits per heavy atom. The van der Waals surface area contributed by atoms with Crippen LogP contribution in [0.3, 0.4) is 0 Å². The van der Waals surface area contributed by atoms with Crippen molar-refractivity contribution < 1.29 is 4.39 Å². The first kappa shape index (κ1) is 11.8. The minimum absolute atomic E-state index is 0.295. The molecule has 0 spiro atoms. The smallest absolute Gasteiger partial charge is 0.149 e. The molecule has 0 atom stereocenters. The lowest BCUT2D eigenvalue weighted by Crippen LogP contribution is -2.34. The van der Waals surface area contributed by atoms with Crippen molar-refractivity contribution in [2.45, 2.75) is 24.7 Å². The molecule has 1 aromatic heterocycles. The number of nitriles is 1. The number of aromatic nitrogens is 2. The van der Waals surface area contributed by atoms with E-state index in [0.29, 0.717) is 17.1 Å². The van der Waals surface area contributed by atoms with Gasteiger partial charge >= 0.3 is 0 Å². The summed E-state index contributed by atoms with van der Waals surface area (Å²) in [6.07, 6.45) is 4.27. The van der Waals surface area contributed by atoms with Crippen LogP contribution in [0.1, 0.15) is 25.1 Å². The zero-order valence-electron chi connectivity index (χ0n) is 10.3. The van der Waals surface area contributed by atoms with Gasteiger partial charge in [-0.25, -0.2) is 14.4 Å². The van der Waals surface area contributed by atoms with Crippen molar-refractivity contribution in [2.75, 3.05) is 0 Å². The maximum Gasteiger partial charge on any atom is 0.149 e. The highest BCUT2D eigenvalue weighted by molar-refractivity contribution is 5.58. The summed E-state index contributed by atoms with van der Waals surface area (Å²) in [6.45, 7) is 0. The van der Waals surface area contributed by atoms with Crippen LogP contribution in [0.25, 0.3) is 11.3 Å². The topological polar surface area (TPSA) is 49.6 Å². The molecule has 1 aliphatic rings. The molecule has 2 aromatic rings. The fourth-order valence-corrected chi connectivity index (χ4v) is 2.31. The highest BCUT2D eigenvalue weighted by atomic mass is 19.1. The molecule has 0 saturated heterocycles. The Kier molecular flexibility index (Phi) is 2.75. The summed E-state index contributed by atoms with van der Waals surface area (Å²) >= 11 is 0. The van der Waals surface area contributed by atoms with Gasteiger partial charge in [-0.1, -0.05) is 12.1 Å². The van der Waals surface area contributed by atoms with Gasteiger partial charge in [-0.2, -0.15) is 5.26 Å². The molecule has 94 valence electrons. The summed E-state index contributed by atoms with van der Waals surface area (Å²) in [5.41, 5.74) is 0.825. The van der Waals surface area contributed by atoms with Gasteiger partial charge in [0.05, 0.1) is 11.8 Å². The molecular weight excluding hydrogens is 241 g/mol. The van der Waals surface area contributed by atoms with E-state index in [1.54, 1.807) is 24.4 Å². The number of nitrogens with zero attached hydrogens (tertiary/aromatic N) is 3. The summed E-state index contributed by atoms with van der Waals surface area (Å²) in [6, 6.07) is 10.3. The zero-order chi connectivity index (χ0) is 13.3. The average Bonchev–Trinajstić information content (AvgIpc) is 2.39. The largest absolute Gasteiger partial charge is 0.240 e. The van der Waals surface area contributed by atoms with E-state index in [1.165, 1.54) is 12.1 Å². The van der Waals surface area contributed by atoms with Crippen LogP contribution in [-0.4, -0.2) is 9.97 Å². The average molecular weight is 253 g/mol. The van der Waals surface area contributed by atoms with Crippen LogP contribution in [-0.2, 0) is 5.41 Å². The summed E-state index contributed by atoms with van der Waals surface area (Å²) < 4.78 is 13.2. The molecule has 0 unspecified atom stereocenters. The van der Waals surface area contributed by atoms with E-state index in [2.05, 4.69) is 16.0 Å². The van der Waals surface area contributed by atoms with Gasteiger partial charge in [0.25, 0.3) is 0 Å². The Balaban J connectivity index is 2.04. The van der Waals surface area contributed by atoms with Gasteiger partial charge in [-0.15, -0.1) is 0 Å². The second-order valence-electron chi connectivity index (χ2n) is 4.82. The fourth-order valence-electron chi connectivity index (χ4n) is 2.31. The fraction of sp³-hybridized carbons (Fsp3) is 0.267. The zero-order valence-corrected chi connectivity index (χ0v) is 10.3. The lowest BCUT2D eigenvalue weighted by Gasteiger charge is -2.33. The third-order valence-electron chi connectivity index (χ3n) is 3.63. The van der Waals surface area contributed by atoms with Crippen molar-refractivity contribution in [3.63, 3.8) is 0 Å². The minimum Gasteiger partial charge on any atom is -0.240 e. The Morgan fingerprint density at radius 2 is 2.11 bits per heavy atom. The number of rotatable bonds is 2. The van der Waals surface area contributed by atoms with Crippen molar-refractivity contribution >= 4 is 0 Å². The Bertz CT molecular complexity index is 656. The second kappa shape index (κ2) is 4.43. The van der Waals surface area contributed by atoms with Crippen LogP contribution in [0.2, 0.25) is 0 Å². The van der Waals surface area contributed by atoms with Crippen LogP contribution in [0.4, 0.5) is 4.39 Å². The Hall–Kier alpha value is -2.28. The molecule has 19 heavy (non-hydrogen) atoms. The minimum atomic E-state index is -0.538. The van der Waals surface area contributed by atoms with Crippen LogP contribution >= 0.6 is 0 Å². The Labute approximate surface area is 110 Å². The van der Waals surface area contributed by atoms with Crippen LogP contribution in [0, 0.1) is 17.1 Å². The van der Waals surface area contributed by atoms with Gasteiger partial charge < -0.3 is 0 Å². The molecule has 1 aromatic carbocycles. The first-order valence-corrected chi connectivity index (χ1v) is 6.24. The molecule has 0 amide bonds. The van der Waals surface area contributed by atoms with Crippen LogP contribution in [0.15, 0.2) is 36.5 Å². The predicted molar refractivity (Wildman–Crippen MR) is 68.6 cm³/mol. The summed E-state index contributed by atoms with van der Waals surface area (Å²) in [5.74, 6) is 0.263. The molecule has 4 heteroatoms. The van der Waals surface area contributed by atoms with Crippen LogP contribution < -0.4 is 0 Å².